The molecule has 0 aliphatic carbocycles. The van der Waals surface area contributed by atoms with Crippen molar-refractivity contribution in [2.45, 2.75) is 73.8 Å². The minimum atomic E-state index is -2.55. The van der Waals surface area contributed by atoms with E-state index in [9.17, 15) is 9.59 Å². The molecule has 1 N–H and O–H groups in total. The van der Waals surface area contributed by atoms with Crippen molar-refractivity contribution in [3.63, 3.8) is 0 Å². The van der Waals surface area contributed by atoms with Crippen LogP contribution in [0.3, 0.4) is 0 Å². The van der Waals surface area contributed by atoms with Crippen molar-refractivity contribution in [2.75, 3.05) is 52.7 Å². The molecule has 1 fully saturated rings. The number of morpholine rings is 1. The van der Waals surface area contributed by atoms with Crippen LogP contribution >= 0.6 is 0 Å². The average Bonchev–Trinajstić information content (AvgIpc) is 2.81. The van der Waals surface area contributed by atoms with E-state index in [4.69, 9.17) is 18.0 Å². The monoisotopic (exact) mass is 476 g/mol. The van der Waals surface area contributed by atoms with Gasteiger partial charge in [-0.15, -0.1) is 0 Å². The van der Waals surface area contributed by atoms with Gasteiger partial charge in [-0.05, 0) is 40.0 Å². The molecule has 0 radical (unpaired) electrons. The third-order valence-electron chi connectivity index (χ3n) is 5.47. The van der Waals surface area contributed by atoms with Crippen LogP contribution in [-0.4, -0.2) is 78.2 Å². The van der Waals surface area contributed by atoms with Crippen LogP contribution in [0.4, 0.5) is 0 Å². The zero-order valence-electron chi connectivity index (χ0n) is 21.5. The summed E-state index contributed by atoms with van der Waals surface area (Å²) in [4.78, 5) is 25.2. The maximum Gasteiger partial charge on any atom is 0.500 e. The first kappa shape index (κ1) is 31.0. The number of nitrogens with one attached hydrogen (secondary N) is 1. The first-order valence-electron chi connectivity index (χ1n) is 12.4. The quantitative estimate of drug-likeness (QED) is 0.305. The van der Waals surface area contributed by atoms with Crippen LogP contribution in [0.25, 0.3) is 0 Å². The Hall–Kier alpha value is -1.00. The molecule has 0 spiro atoms. The fraction of sp³-hybridized carbons (Fsp3) is 0.913. The summed E-state index contributed by atoms with van der Waals surface area (Å²) in [7, 11) is -2.55. The lowest BCUT2D eigenvalue weighted by Crippen LogP contribution is -2.46. The smallest absolute Gasteiger partial charge is 0.378 e. The van der Waals surface area contributed by atoms with Gasteiger partial charge in [0.05, 0.1) is 13.2 Å². The zero-order chi connectivity index (χ0) is 24.4. The minimum absolute atomic E-state index is 0.0719. The van der Waals surface area contributed by atoms with Crippen molar-refractivity contribution < 1.29 is 27.6 Å². The van der Waals surface area contributed by atoms with E-state index in [1.165, 1.54) is 0 Å². The first-order valence-corrected chi connectivity index (χ1v) is 14.3. The molecule has 9 heteroatoms. The lowest BCUT2D eigenvalue weighted by atomic mass is 10.1. The fourth-order valence-electron chi connectivity index (χ4n) is 3.15. The van der Waals surface area contributed by atoms with Crippen LogP contribution in [0.5, 0.6) is 0 Å². The molecule has 1 saturated heterocycles. The molecule has 0 aromatic heterocycles. The van der Waals surface area contributed by atoms with E-state index >= 15 is 0 Å². The second-order valence-electron chi connectivity index (χ2n) is 7.93. The Kier molecular flexibility index (Phi) is 17.8. The Balaban J connectivity index is 0.000000677. The van der Waals surface area contributed by atoms with Crippen molar-refractivity contribution in [1.82, 2.24) is 10.2 Å². The Labute approximate surface area is 197 Å². The molecule has 8 nitrogen and oxygen atoms in total. The number of rotatable bonds is 14. The van der Waals surface area contributed by atoms with Gasteiger partial charge >= 0.3 is 8.80 Å². The van der Waals surface area contributed by atoms with Gasteiger partial charge in [-0.2, -0.15) is 0 Å². The van der Waals surface area contributed by atoms with Crippen LogP contribution in [0.2, 0.25) is 6.04 Å². The van der Waals surface area contributed by atoms with Crippen LogP contribution in [0.1, 0.15) is 67.7 Å². The standard InChI is InChI=1S/C14H31NO4Si.C9H17NO2/c1-6-13(5)14(16)15-11-10-12-20(17-7-2,18-8-3)19-9-4;1-3-8(2)9(11)10-4-6-12-7-5-10/h13H,6-12H2,1-5H3,(H,15,16);8H,3-7H2,1-2H3. The molecule has 1 aliphatic heterocycles. The van der Waals surface area contributed by atoms with Gasteiger partial charge in [0.15, 0.2) is 0 Å². The highest BCUT2D eigenvalue weighted by molar-refractivity contribution is 6.60. The highest BCUT2D eigenvalue weighted by Gasteiger charge is 2.39. The van der Waals surface area contributed by atoms with Crippen LogP contribution < -0.4 is 5.32 Å². The molecule has 32 heavy (non-hydrogen) atoms. The Morgan fingerprint density at radius 1 is 0.906 bits per heavy atom. The predicted molar refractivity (Wildman–Crippen MR) is 129 cm³/mol. The normalized spacial score (nSPS) is 16.0. The molecule has 0 bridgehead atoms. The van der Waals surface area contributed by atoms with Crippen LogP contribution in [0, 0.1) is 11.8 Å². The van der Waals surface area contributed by atoms with Crippen molar-refractivity contribution in [3.05, 3.63) is 0 Å². The van der Waals surface area contributed by atoms with Gasteiger partial charge in [-0.1, -0.05) is 27.7 Å². The summed E-state index contributed by atoms with van der Waals surface area (Å²) in [6.45, 7) is 19.2. The molecule has 190 valence electrons. The van der Waals surface area contributed by atoms with E-state index < -0.39 is 8.80 Å². The summed E-state index contributed by atoms with van der Waals surface area (Å²) in [5.74, 6) is 0.635. The molecule has 2 amide bonds. The summed E-state index contributed by atoms with van der Waals surface area (Å²) in [5.41, 5.74) is 0. The zero-order valence-corrected chi connectivity index (χ0v) is 22.5. The number of hydrogen-bond donors (Lipinski definition) is 1. The highest BCUT2D eigenvalue weighted by Crippen LogP contribution is 2.18. The van der Waals surface area contributed by atoms with Gasteiger partial charge in [0.25, 0.3) is 0 Å². The van der Waals surface area contributed by atoms with Gasteiger partial charge in [-0.3, -0.25) is 9.59 Å². The van der Waals surface area contributed by atoms with Gasteiger partial charge in [0.1, 0.15) is 0 Å². The number of amides is 2. The molecule has 1 rings (SSSR count). The van der Waals surface area contributed by atoms with Crippen molar-refractivity contribution >= 4 is 20.6 Å². The Morgan fingerprint density at radius 3 is 1.84 bits per heavy atom. The number of ether oxygens (including phenoxy) is 1. The number of carbonyl (C=O) groups excluding carboxylic acids is 2. The maximum atomic E-state index is 11.7. The van der Waals surface area contributed by atoms with E-state index in [0.717, 1.165) is 38.4 Å². The lowest BCUT2D eigenvalue weighted by molar-refractivity contribution is -0.139. The van der Waals surface area contributed by atoms with Crippen LogP contribution in [-0.2, 0) is 27.6 Å². The maximum absolute atomic E-state index is 11.7. The molecule has 0 saturated carbocycles. The SMILES string of the molecule is CCC(C)C(=O)N1CCOCC1.CCO[Si](CCCNC(=O)C(C)CC)(OCC)OCC. The molecular weight excluding hydrogens is 428 g/mol. The molecule has 2 unspecified atom stereocenters. The van der Waals surface area contributed by atoms with Crippen molar-refractivity contribution in [3.8, 4) is 0 Å². The van der Waals surface area contributed by atoms with Crippen molar-refractivity contribution in [1.29, 1.82) is 0 Å². The van der Waals surface area contributed by atoms with E-state index in [2.05, 4.69) is 5.32 Å². The van der Waals surface area contributed by atoms with E-state index in [1.54, 1.807) is 0 Å². The summed E-state index contributed by atoms with van der Waals surface area (Å²) < 4.78 is 22.5. The fourth-order valence-corrected chi connectivity index (χ4v) is 5.76. The molecule has 0 aromatic rings. The van der Waals surface area contributed by atoms with Gasteiger partial charge < -0.3 is 28.2 Å². The van der Waals surface area contributed by atoms with Gasteiger partial charge in [-0.25, -0.2) is 0 Å². The predicted octanol–water partition coefficient (Wildman–Crippen LogP) is 3.48. The van der Waals surface area contributed by atoms with Gasteiger partial charge in [0.2, 0.25) is 11.8 Å². The summed E-state index contributed by atoms with van der Waals surface area (Å²) in [6.07, 6.45) is 2.60. The van der Waals surface area contributed by atoms with Gasteiger partial charge in [0, 0.05) is 57.3 Å². The highest BCUT2D eigenvalue weighted by atomic mass is 28.4. The average molecular weight is 477 g/mol. The molecule has 1 heterocycles. The van der Waals surface area contributed by atoms with E-state index in [0.29, 0.717) is 39.6 Å². The molecule has 2 atom stereocenters. The molecule has 0 aromatic carbocycles. The number of carbonyl (C=O) groups is 2. The Bertz CT molecular complexity index is 486. The second-order valence-corrected chi connectivity index (χ2v) is 10.7. The topological polar surface area (TPSA) is 86.3 Å². The summed E-state index contributed by atoms with van der Waals surface area (Å²) >= 11 is 0. The third kappa shape index (κ3) is 12.3. The van der Waals surface area contributed by atoms with Crippen LogP contribution in [0.15, 0.2) is 0 Å². The van der Waals surface area contributed by atoms with Crippen molar-refractivity contribution in [2.24, 2.45) is 11.8 Å². The number of nitrogens with zero attached hydrogens (tertiary/aromatic N) is 1. The second kappa shape index (κ2) is 18.4. The third-order valence-corrected chi connectivity index (χ3v) is 8.62. The minimum Gasteiger partial charge on any atom is -0.378 e. The number of hydrogen-bond acceptors (Lipinski definition) is 6. The Morgan fingerprint density at radius 2 is 1.41 bits per heavy atom. The molecular formula is C23H48N2O6Si. The molecule has 1 aliphatic rings. The summed E-state index contributed by atoms with van der Waals surface area (Å²) in [5, 5.41) is 2.95. The summed E-state index contributed by atoms with van der Waals surface area (Å²) in [6, 6.07) is 0.739. The van der Waals surface area contributed by atoms with E-state index in [-0.39, 0.29) is 23.7 Å². The lowest BCUT2D eigenvalue weighted by Gasteiger charge is -2.28. The largest absolute Gasteiger partial charge is 0.500 e. The first-order chi connectivity index (χ1) is 15.3. The van der Waals surface area contributed by atoms with E-state index in [1.807, 2.05) is 53.4 Å².